The van der Waals surface area contributed by atoms with Gasteiger partial charge >= 0.3 is 17.6 Å². The lowest BCUT2D eigenvalue weighted by Gasteiger charge is -2.03. The van der Waals surface area contributed by atoms with E-state index in [2.05, 4.69) is 4.98 Å². The van der Waals surface area contributed by atoms with E-state index >= 15 is 0 Å². The Morgan fingerprint density at radius 3 is 2.80 bits per heavy atom. The molecule has 7 heteroatoms. The molecule has 1 heterocycles. The van der Waals surface area contributed by atoms with Crippen LogP contribution in [-0.2, 0) is 16.0 Å². The molecule has 0 bridgehead atoms. The van der Waals surface area contributed by atoms with Crippen molar-refractivity contribution in [2.75, 3.05) is 6.61 Å². The highest BCUT2D eigenvalue weighted by atomic mass is 16.5. The molecule has 0 saturated heterocycles. The summed E-state index contributed by atoms with van der Waals surface area (Å²) in [6.45, 7) is 1.81. The van der Waals surface area contributed by atoms with Crippen molar-refractivity contribution in [3.63, 3.8) is 0 Å². The Morgan fingerprint density at radius 1 is 1.40 bits per heavy atom. The Bertz CT molecular complexity index is 733. The summed E-state index contributed by atoms with van der Waals surface area (Å²) < 4.78 is 9.69. The molecular formula is C13H11NO6. The number of carbonyl (C=O) groups excluding carboxylic acids is 1. The van der Waals surface area contributed by atoms with E-state index in [1.165, 1.54) is 18.2 Å². The molecule has 0 radical (unpaired) electrons. The average molecular weight is 277 g/mol. The molecule has 0 fully saturated rings. The van der Waals surface area contributed by atoms with Crippen LogP contribution < -0.4 is 5.63 Å². The maximum atomic E-state index is 11.7. The fourth-order valence-electron chi connectivity index (χ4n) is 1.69. The van der Waals surface area contributed by atoms with Crippen LogP contribution in [0.4, 0.5) is 0 Å². The first-order valence-corrected chi connectivity index (χ1v) is 5.84. The molecule has 0 atom stereocenters. The molecule has 0 saturated carbocycles. The van der Waals surface area contributed by atoms with Gasteiger partial charge in [0, 0.05) is 0 Å². The van der Waals surface area contributed by atoms with Crippen molar-refractivity contribution in [2.45, 2.75) is 13.3 Å². The zero-order chi connectivity index (χ0) is 14.7. The first-order valence-electron chi connectivity index (χ1n) is 5.84. The molecule has 1 aromatic heterocycles. The molecule has 0 aliphatic rings. The standard InChI is InChI=1S/C13H11NO6/c1-2-19-10(15)6-8-13(18)20-9-5-3-4-7(12(16)17)11(9)14-8/h3-5H,2,6H2,1H3,(H,16,17). The maximum Gasteiger partial charge on any atom is 0.358 e. The SMILES string of the molecule is CCOC(=O)Cc1nc2c(C(=O)O)cccc2oc1=O. The number of ether oxygens (including phenoxy) is 1. The number of fused-ring (bicyclic) bond motifs is 1. The monoisotopic (exact) mass is 277 g/mol. The van der Waals surface area contributed by atoms with Crippen molar-refractivity contribution in [3.05, 3.63) is 39.9 Å². The lowest BCUT2D eigenvalue weighted by molar-refractivity contribution is -0.142. The van der Waals surface area contributed by atoms with Crippen molar-refractivity contribution in [1.29, 1.82) is 0 Å². The van der Waals surface area contributed by atoms with E-state index in [9.17, 15) is 14.4 Å². The highest BCUT2D eigenvalue weighted by Crippen LogP contribution is 2.15. The third-order valence-electron chi connectivity index (χ3n) is 2.53. The molecular weight excluding hydrogens is 266 g/mol. The maximum absolute atomic E-state index is 11.7. The molecule has 0 amide bonds. The summed E-state index contributed by atoms with van der Waals surface area (Å²) in [5.41, 5.74) is -0.976. The number of hydrogen-bond donors (Lipinski definition) is 1. The van der Waals surface area contributed by atoms with E-state index in [4.69, 9.17) is 14.3 Å². The predicted molar refractivity (Wildman–Crippen MR) is 67.6 cm³/mol. The van der Waals surface area contributed by atoms with Gasteiger partial charge in [-0.1, -0.05) is 6.07 Å². The number of benzene rings is 1. The fraction of sp³-hybridized carbons (Fsp3) is 0.231. The number of para-hydroxylation sites is 1. The number of aromatic carboxylic acids is 1. The number of carbonyl (C=O) groups is 2. The van der Waals surface area contributed by atoms with E-state index in [-0.39, 0.29) is 35.4 Å². The number of carboxylic acids is 1. The van der Waals surface area contributed by atoms with Crippen molar-refractivity contribution >= 4 is 23.0 Å². The Kier molecular flexibility index (Phi) is 3.79. The molecule has 0 aliphatic carbocycles. The van der Waals surface area contributed by atoms with Gasteiger partial charge < -0.3 is 14.3 Å². The van der Waals surface area contributed by atoms with E-state index in [0.717, 1.165) is 0 Å². The highest BCUT2D eigenvalue weighted by Gasteiger charge is 2.16. The topological polar surface area (TPSA) is 107 Å². The largest absolute Gasteiger partial charge is 0.478 e. The predicted octanol–water partition coefficient (Wildman–Crippen LogP) is 0.992. The second kappa shape index (κ2) is 5.52. The first kappa shape index (κ1) is 13.7. The van der Waals surface area contributed by atoms with Crippen LogP contribution >= 0.6 is 0 Å². The van der Waals surface area contributed by atoms with Crippen LogP contribution in [0.5, 0.6) is 0 Å². The van der Waals surface area contributed by atoms with Gasteiger partial charge in [-0.05, 0) is 19.1 Å². The van der Waals surface area contributed by atoms with Crippen LogP contribution in [0.2, 0.25) is 0 Å². The van der Waals surface area contributed by atoms with Crippen LogP contribution in [0, 0.1) is 0 Å². The van der Waals surface area contributed by atoms with E-state index in [1.54, 1.807) is 6.92 Å². The number of carboxylic acid groups (broad SMARTS) is 1. The Labute approximate surface area is 112 Å². The third-order valence-corrected chi connectivity index (χ3v) is 2.53. The zero-order valence-corrected chi connectivity index (χ0v) is 10.6. The van der Waals surface area contributed by atoms with Crippen molar-refractivity contribution in [1.82, 2.24) is 4.98 Å². The molecule has 2 aromatic rings. The quantitative estimate of drug-likeness (QED) is 0.830. The smallest absolute Gasteiger partial charge is 0.358 e. The number of rotatable bonds is 4. The van der Waals surface area contributed by atoms with Gasteiger partial charge in [-0.25, -0.2) is 14.6 Å². The minimum Gasteiger partial charge on any atom is -0.478 e. The normalized spacial score (nSPS) is 10.4. The second-order valence-corrected chi connectivity index (χ2v) is 3.89. The summed E-state index contributed by atoms with van der Waals surface area (Å²) in [6, 6.07) is 4.22. The van der Waals surface area contributed by atoms with E-state index < -0.39 is 17.6 Å². The average Bonchev–Trinajstić information content (AvgIpc) is 2.39. The highest BCUT2D eigenvalue weighted by molar-refractivity contribution is 6.00. The number of esters is 1. The van der Waals surface area contributed by atoms with Gasteiger partial charge in [0.1, 0.15) is 11.2 Å². The van der Waals surface area contributed by atoms with Gasteiger partial charge in [0.15, 0.2) is 5.58 Å². The molecule has 0 unspecified atom stereocenters. The van der Waals surface area contributed by atoms with Crippen LogP contribution in [0.15, 0.2) is 27.4 Å². The van der Waals surface area contributed by atoms with Crippen molar-refractivity contribution in [3.8, 4) is 0 Å². The lowest BCUT2D eigenvalue weighted by atomic mass is 10.2. The Balaban J connectivity index is 2.54. The molecule has 104 valence electrons. The van der Waals surface area contributed by atoms with Crippen LogP contribution in [0.1, 0.15) is 23.0 Å². The molecule has 0 aliphatic heterocycles. The summed E-state index contributed by atoms with van der Waals surface area (Å²) in [4.78, 5) is 38.0. The minimum absolute atomic E-state index is 0.0268. The summed E-state index contributed by atoms with van der Waals surface area (Å²) in [5.74, 6) is -1.82. The number of nitrogens with zero attached hydrogens (tertiary/aromatic N) is 1. The van der Waals surface area contributed by atoms with Gasteiger partial charge in [-0.15, -0.1) is 0 Å². The molecule has 0 spiro atoms. The van der Waals surface area contributed by atoms with Gasteiger partial charge in [0.05, 0.1) is 18.6 Å². The van der Waals surface area contributed by atoms with Crippen LogP contribution in [0.25, 0.3) is 11.1 Å². The van der Waals surface area contributed by atoms with E-state index in [1.807, 2.05) is 0 Å². The third kappa shape index (κ3) is 2.66. The molecule has 1 aromatic carbocycles. The molecule has 20 heavy (non-hydrogen) atoms. The summed E-state index contributed by atoms with van der Waals surface area (Å²) in [6.07, 6.45) is -0.361. The fourth-order valence-corrected chi connectivity index (χ4v) is 1.69. The first-order chi connectivity index (χ1) is 9.52. The number of hydrogen-bond acceptors (Lipinski definition) is 6. The minimum atomic E-state index is -1.20. The zero-order valence-electron chi connectivity index (χ0n) is 10.6. The van der Waals surface area contributed by atoms with Crippen molar-refractivity contribution in [2.24, 2.45) is 0 Å². The lowest BCUT2D eigenvalue weighted by Crippen LogP contribution is -2.18. The van der Waals surface area contributed by atoms with Crippen LogP contribution in [0.3, 0.4) is 0 Å². The second-order valence-electron chi connectivity index (χ2n) is 3.89. The van der Waals surface area contributed by atoms with Crippen molar-refractivity contribution < 1.29 is 23.8 Å². The van der Waals surface area contributed by atoms with Gasteiger partial charge in [0.25, 0.3) is 0 Å². The molecule has 1 N–H and O–H groups in total. The Hall–Kier alpha value is -2.70. The number of aromatic nitrogens is 1. The van der Waals surface area contributed by atoms with Crippen LogP contribution in [-0.4, -0.2) is 28.6 Å². The Morgan fingerprint density at radius 2 is 2.15 bits per heavy atom. The van der Waals surface area contributed by atoms with E-state index in [0.29, 0.717) is 0 Å². The summed E-state index contributed by atoms with van der Waals surface area (Å²) in [7, 11) is 0. The molecule has 7 nitrogen and oxygen atoms in total. The summed E-state index contributed by atoms with van der Waals surface area (Å²) >= 11 is 0. The van der Waals surface area contributed by atoms with Gasteiger partial charge in [-0.3, -0.25) is 4.79 Å². The van der Waals surface area contributed by atoms with Gasteiger partial charge in [-0.2, -0.15) is 0 Å². The molecule has 2 rings (SSSR count). The summed E-state index contributed by atoms with van der Waals surface area (Å²) in [5, 5.41) is 9.06. The van der Waals surface area contributed by atoms with Gasteiger partial charge in [0.2, 0.25) is 0 Å².